The van der Waals surface area contributed by atoms with Crippen LogP contribution in [0.2, 0.25) is 0 Å². The van der Waals surface area contributed by atoms with Crippen molar-refractivity contribution >= 4 is 16.9 Å². The molecule has 1 atom stereocenters. The minimum atomic E-state index is -1.80. The number of aromatic nitrogens is 2. The zero-order valence-corrected chi connectivity index (χ0v) is 16.0. The number of carbonyl (C=O) groups excluding carboxylic acids is 1. The SMILES string of the molecule is CC[C@@]1(O)C(=O)OCc2c1cc1n(c2=O)Cc2cc3cc(C)c(C)cc3nc2-1. The second-order valence-corrected chi connectivity index (χ2v) is 7.73. The Bertz CT molecular complexity index is 1260. The van der Waals surface area contributed by atoms with Gasteiger partial charge in [0, 0.05) is 16.5 Å². The fraction of sp³-hybridized carbons (Fsp3) is 0.318. The number of carbonyl (C=O) groups is 1. The lowest BCUT2D eigenvalue weighted by molar-refractivity contribution is -0.172. The Balaban J connectivity index is 1.80. The number of pyridine rings is 2. The van der Waals surface area contributed by atoms with Gasteiger partial charge in [0.05, 0.1) is 29.0 Å². The van der Waals surface area contributed by atoms with E-state index in [0.717, 1.165) is 27.7 Å². The number of aryl methyl sites for hydroxylation is 2. The molecule has 0 spiro atoms. The molecule has 2 aliphatic heterocycles. The number of hydrogen-bond acceptors (Lipinski definition) is 5. The Hall–Kier alpha value is -2.99. The molecule has 2 aliphatic rings. The van der Waals surface area contributed by atoms with E-state index in [1.807, 2.05) is 13.0 Å². The first-order valence-electron chi connectivity index (χ1n) is 9.41. The van der Waals surface area contributed by atoms with E-state index < -0.39 is 11.6 Å². The van der Waals surface area contributed by atoms with Crippen molar-refractivity contribution in [2.45, 2.75) is 45.9 Å². The summed E-state index contributed by atoms with van der Waals surface area (Å²) in [6, 6.07) is 7.97. The first-order chi connectivity index (χ1) is 13.3. The second-order valence-electron chi connectivity index (χ2n) is 7.73. The summed E-state index contributed by atoms with van der Waals surface area (Å²) in [5, 5.41) is 11.9. The third-order valence-electron chi connectivity index (χ3n) is 6.12. The van der Waals surface area contributed by atoms with Gasteiger partial charge < -0.3 is 14.4 Å². The van der Waals surface area contributed by atoms with Gasteiger partial charge in [0.25, 0.3) is 5.56 Å². The third kappa shape index (κ3) is 2.09. The number of hydrogen-bond donors (Lipinski definition) is 1. The van der Waals surface area contributed by atoms with Crippen LogP contribution in [-0.4, -0.2) is 20.6 Å². The van der Waals surface area contributed by atoms with E-state index in [9.17, 15) is 14.7 Å². The molecular formula is C22H20N2O4. The molecule has 0 bridgehead atoms. The summed E-state index contributed by atoms with van der Waals surface area (Å²) in [6.07, 6.45) is 0.137. The topological polar surface area (TPSA) is 81.4 Å². The smallest absolute Gasteiger partial charge is 0.343 e. The molecule has 28 heavy (non-hydrogen) atoms. The molecule has 142 valence electrons. The van der Waals surface area contributed by atoms with Crippen molar-refractivity contribution in [3.05, 3.63) is 62.4 Å². The first kappa shape index (κ1) is 17.1. The van der Waals surface area contributed by atoms with Crippen LogP contribution in [0, 0.1) is 13.8 Å². The van der Waals surface area contributed by atoms with Crippen LogP contribution in [0.15, 0.2) is 29.1 Å². The Morgan fingerprint density at radius 2 is 1.93 bits per heavy atom. The molecule has 1 aromatic carbocycles. The van der Waals surface area contributed by atoms with E-state index in [-0.39, 0.29) is 18.6 Å². The Morgan fingerprint density at radius 1 is 1.18 bits per heavy atom. The maximum Gasteiger partial charge on any atom is 0.343 e. The van der Waals surface area contributed by atoms with Gasteiger partial charge in [-0.3, -0.25) is 4.79 Å². The molecule has 1 N–H and O–H groups in total. The number of rotatable bonds is 1. The maximum absolute atomic E-state index is 13.1. The van der Waals surface area contributed by atoms with Crippen molar-refractivity contribution in [3.63, 3.8) is 0 Å². The Labute approximate surface area is 161 Å². The van der Waals surface area contributed by atoms with E-state index in [0.29, 0.717) is 23.4 Å². The second kappa shape index (κ2) is 5.52. The molecule has 4 heterocycles. The van der Waals surface area contributed by atoms with E-state index in [1.165, 1.54) is 5.56 Å². The lowest BCUT2D eigenvalue weighted by Gasteiger charge is -2.31. The number of cyclic esters (lactones) is 1. The molecular weight excluding hydrogens is 356 g/mol. The lowest BCUT2D eigenvalue weighted by atomic mass is 9.86. The average molecular weight is 376 g/mol. The number of nitrogens with zero attached hydrogens (tertiary/aromatic N) is 2. The average Bonchev–Trinajstić information content (AvgIpc) is 3.02. The Kier molecular flexibility index (Phi) is 3.37. The first-order valence-corrected chi connectivity index (χ1v) is 9.41. The van der Waals surface area contributed by atoms with Gasteiger partial charge in [0.2, 0.25) is 0 Å². The van der Waals surface area contributed by atoms with Crippen LogP contribution < -0.4 is 5.56 Å². The van der Waals surface area contributed by atoms with Crippen LogP contribution in [0.3, 0.4) is 0 Å². The molecule has 0 radical (unpaired) electrons. The quantitative estimate of drug-likeness (QED) is 0.517. The van der Waals surface area contributed by atoms with Gasteiger partial charge in [-0.15, -0.1) is 0 Å². The molecule has 0 saturated carbocycles. The van der Waals surface area contributed by atoms with Crippen LogP contribution in [0.5, 0.6) is 0 Å². The van der Waals surface area contributed by atoms with Crippen LogP contribution in [0.1, 0.15) is 41.2 Å². The van der Waals surface area contributed by atoms with Crippen LogP contribution in [0.4, 0.5) is 0 Å². The van der Waals surface area contributed by atoms with Gasteiger partial charge in [-0.25, -0.2) is 9.78 Å². The summed E-state index contributed by atoms with van der Waals surface area (Å²) in [7, 11) is 0. The largest absolute Gasteiger partial charge is 0.458 e. The van der Waals surface area contributed by atoms with Crippen molar-refractivity contribution < 1.29 is 14.6 Å². The summed E-state index contributed by atoms with van der Waals surface area (Å²) in [4.78, 5) is 30.2. The normalized spacial score (nSPS) is 19.9. The molecule has 2 aromatic heterocycles. The highest BCUT2D eigenvalue weighted by atomic mass is 16.6. The molecule has 0 fully saturated rings. The van der Waals surface area contributed by atoms with Crippen molar-refractivity contribution in [1.29, 1.82) is 0 Å². The van der Waals surface area contributed by atoms with Crippen LogP contribution in [0.25, 0.3) is 22.3 Å². The van der Waals surface area contributed by atoms with Gasteiger partial charge in [-0.1, -0.05) is 6.92 Å². The van der Waals surface area contributed by atoms with Crippen molar-refractivity contribution in [3.8, 4) is 11.4 Å². The maximum atomic E-state index is 13.1. The molecule has 0 unspecified atom stereocenters. The summed E-state index contributed by atoms with van der Waals surface area (Å²) in [6.45, 7) is 6.13. The monoisotopic (exact) mass is 376 g/mol. The zero-order valence-electron chi connectivity index (χ0n) is 16.0. The third-order valence-corrected chi connectivity index (χ3v) is 6.12. The summed E-state index contributed by atoms with van der Waals surface area (Å²) in [5.74, 6) is -0.706. The predicted octanol–water partition coefficient (Wildman–Crippen LogP) is 2.70. The van der Waals surface area contributed by atoms with E-state index in [4.69, 9.17) is 9.72 Å². The summed E-state index contributed by atoms with van der Waals surface area (Å²) in [5.41, 5.74) is 4.21. The highest BCUT2D eigenvalue weighted by Gasteiger charge is 2.45. The number of ether oxygens (including phenoxy) is 1. The van der Waals surface area contributed by atoms with Gasteiger partial charge >= 0.3 is 5.97 Å². The van der Waals surface area contributed by atoms with E-state index in [1.54, 1.807) is 17.6 Å². The fourth-order valence-electron chi connectivity index (χ4n) is 4.25. The standard InChI is InChI=1S/C22H20N2O4/c1-4-22(27)16-8-18-19-14(7-13-5-11(2)12(3)6-17(13)23-19)9-24(18)20(25)15(16)10-28-21(22)26/h5-8,27H,4,9-10H2,1-3H3/t22-/m0/s1. The van der Waals surface area contributed by atoms with Gasteiger partial charge in [0.1, 0.15) is 6.61 Å². The molecule has 0 saturated heterocycles. The van der Waals surface area contributed by atoms with Crippen LogP contribution >= 0.6 is 0 Å². The number of fused-ring (bicyclic) bond motifs is 5. The molecule has 0 amide bonds. The molecule has 5 rings (SSSR count). The molecule has 0 aliphatic carbocycles. The number of esters is 1. The fourth-order valence-corrected chi connectivity index (χ4v) is 4.25. The Morgan fingerprint density at radius 3 is 2.68 bits per heavy atom. The van der Waals surface area contributed by atoms with Crippen molar-refractivity contribution in [1.82, 2.24) is 9.55 Å². The van der Waals surface area contributed by atoms with Gasteiger partial charge in [-0.2, -0.15) is 0 Å². The highest BCUT2D eigenvalue weighted by Crippen LogP contribution is 2.38. The number of benzene rings is 1. The summed E-state index contributed by atoms with van der Waals surface area (Å²) >= 11 is 0. The van der Waals surface area contributed by atoms with Crippen LogP contribution in [-0.2, 0) is 28.3 Å². The van der Waals surface area contributed by atoms with Crippen molar-refractivity contribution in [2.75, 3.05) is 0 Å². The van der Waals surface area contributed by atoms with Gasteiger partial charge in [0.15, 0.2) is 5.60 Å². The van der Waals surface area contributed by atoms with Gasteiger partial charge in [-0.05, 0) is 55.7 Å². The zero-order chi connectivity index (χ0) is 19.8. The number of aliphatic hydroxyl groups is 1. The predicted molar refractivity (Wildman–Crippen MR) is 104 cm³/mol. The highest BCUT2D eigenvalue weighted by molar-refractivity contribution is 5.87. The lowest BCUT2D eigenvalue weighted by Crippen LogP contribution is -2.44. The molecule has 6 nitrogen and oxygen atoms in total. The molecule has 3 aromatic rings. The minimum Gasteiger partial charge on any atom is -0.458 e. The van der Waals surface area contributed by atoms with Crippen molar-refractivity contribution in [2.24, 2.45) is 0 Å². The molecule has 6 heteroatoms. The summed E-state index contributed by atoms with van der Waals surface area (Å²) < 4.78 is 6.76. The van der Waals surface area contributed by atoms with E-state index in [2.05, 4.69) is 19.1 Å². The minimum absolute atomic E-state index is 0.111. The van der Waals surface area contributed by atoms with E-state index >= 15 is 0 Å².